The Bertz CT molecular complexity index is 1530. The van der Waals surface area contributed by atoms with Gasteiger partial charge in [0.05, 0.1) is 12.2 Å². The van der Waals surface area contributed by atoms with Gasteiger partial charge in [-0.1, -0.05) is 38.1 Å². The van der Waals surface area contributed by atoms with Crippen LogP contribution in [0.15, 0.2) is 65.0 Å². The van der Waals surface area contributed by atoms with Crippen molar-refractivity contribution in [2.45, 2.75) is 65.7 Å². The summed E-state index contributed by atoms with van der Waals surface area (Å²) in [5.74, 6) is 0.553. The number of rotatable bonds is 6. The SMILES string of the molecule is CC/C=C1/C(=C(/CC)c2cc(OCc3ccc(N)cc3)ccc2C)Cn2c1cc1c(c2=O)CCC(=O)C1O. The monoisotopic (exact) mass is 510 g/mol. The Balaban J connectivity index is 1.57. The lowest BCUT2D eigenvalue weighted by molar-refractivity contribution is -0.128. The zero-order valence-electron chi connectivity index (χ0n) is 22.2. The number of fused-ring (bicyclic) bond motifs is 2. The summed E-state index contributed by atoms with van der Waals surface area (Å²) in [6, 6.07) is 15.7. The standard InChI is InChI=1S/C32H34N2O4/c1-4-6-24-28(17-34-29(24)16-27-25(32(34)37)13-14-30(35)31(27)36)23(5-2)26-15-22(12-7-19(26)3)38-18-20-8-10-21(33)11-9-20/h6-12,15-16,31,36H,4-5,13-14,17-18,33H2,1-3H3/b24-6-,28-23-. The van der Waals surface area contributed by atoms with Gasteiger partial charge >= 0.3 is 0 Å². The fourth-order valence-electron chi connectivity index (χ4n) is 5.59. The van der Waals surface area contributed by atoms with Gasteiger partial charge in [0.1, 0.15) is 18.5 Å². The average Bonchev–Trinajstić information content (AvgIpc) is 3.27. The van der Waals surface area contributed by atoms with Crippen LogP contribution in [-0.4, -0.2) is 15.5 Å². The molecule has 2 aromatic carbocycles. The van der Waals surface area contributed by atoms with E-state index in [4.69, 9.17) is 10.5 Å². The van der Waals surface area contributed by atoms with Crippen molar-refractivity contribution in [3.8, 4) is 5.75 Å². The maximum atomic E-state index is 13.5. The van der Waals surface area contributed by atoms with Gasteiger partial charge in [0.15, 0.2) is 5.78 Å². The van der Waals surface area contributed by atoms with E-state index in [-0.39, 0.29) is 17.8 Å². The molecule has 2 heterocycles. The number of nitrogen functional groups attached to an aromatic ring is 1. The number of hydrogen-bond acceptors (Lipinski definition) is 5. The number of aryl methyl sites for hydroxylation is 1. The van der Waals surface area contributed by atoms with Crippen molar-refractivity contribution >= 4 is 22.6 Å². The molecule has 5 rings (SSSR count). The predicted octanol–water partition coefficient (Wildman–Crippen LogP) is 5.54. The summed E-state index contributed by atoms with van der Waals surface area (Å²) in [4.78, 5) is 25.7. The largest absolute Gasteiger partial charge is 0.489 e. The topological polar surface area (TPSA) is 94.5 Å². The number of ketones is 1. The number of allylic oxidation sites excluding steroid dienone is 4. The van der Waals surface area contributed by atoms with E-state index in [1.165, 1.54) is 0 Å². The van der Waals surface area contributed by atoms with Crippen molar-refractivity contribution in [3.05, 3.63) is 104 Å². The summed E-state index contributed by atoms with van der Waals surface area (Å²) in [5.41, 5.74) is 14.8. The molecular formula is C32H34N2O4. The molecule has 1 aliphatic carbocycles. The highest BCUT2D eigenvalue weighted by Crippen LogP contribution is 2.41. The van der Waals surface area contributed by atoms with Crippen molar-refractivity contribution in [1.29, 1.82) is 0 Å². The molecule has 6 nitrogen and oxygen atoms in total. The van der Waals surface area contributed by atoms with Crippen LogP contribution in [-0.2, 0) is 24.4 Å². The predicted molar refractivity (Wildman–Crippen MR) is 151 cm³/mol. The Labute approximate surface area is 223 Å². The first-order valence-electron chi connectivity index (χ1n) is 13.3. The third-order valence-corrected chi connectivity index (χ3v) is 7.62. The molecule has 3 aromatic rings. The second kappa shape index (κ2) is 10.5. The number of carbonyl (C=O) groups excluding carboxylic acids is 1. The number of aliphatic hydroxyl groups excluding tert-OH is 1. The van der Waals surface area contributed by atoms with E-state index in [0.717, 1.165) is 63.4 Å². The third kappa shape index (κ3) is 4.61. The van der Waals surface area contributed by atoms with Crippen LogP contribution in [0.5, 0.6) is 5.75 Å². The number of carbonyl (C=O) groups is 1. The number of ether oxygens (including phenoxy) is 1. The molecule has 0 radical (unpaired) electrons. The Hall–Kier alpha value is -3.90. The summed E-state index contributed by atoms with van der Waals surface area (Å²) in [6.07, 6.45) is 3.07. The van der Waals surface area contributed by atoms with Crippen molar-refractivity contribution in [3.63, 3.8) is 0 Å². The molecule has 1 aromatic heterocycles. The zero-order valence-corrected chi connectivity index (χ0v) is 22.2. The molecule has 196 valence electrons. The Morgan fingerprint density at radius 1 is 1.11 bits per heavy atom. The number of anilines is 1. The van der Waals surface area contributed by atoms with Crippen LogP contribution < -0.4 is 16.0 Å². The average molecular weight is 511 g/mol. The minimum atomic E-state index is -1.23. The second-order valence-electron chi connectivity index (χ2n) is 10.1. The van der Waals surface area contributed by atoms with Crippen LogP contribution in [0, 0.1) is 6.92 Å². The van der Waals surface area contributed by atoms with Crippen molar-refractivity contribution in [2.24, 2.45) is 0 Å². The van der Waals surface area contributed by atoms with Crippen LogP contribution in [0.3, 0.4) is 0 Å². The molecule has 0 bridgehead atoms. The maximum absolute atomic E-state index is 13.5. The van der Waals surface area contributed by atoms with Crippen LogP contribution in [0.25, 0.3) is 11.1 Å². The number of aliphatic hydroxyl groups is 1. The molecule has 0 amide bonds. The summed E-state index contributed by atoms with van der Waals surface area (Å²) in [7, 11) is 0. The van der Waals surface area contributed by atoms with Gasteiger partial charge in [-0.2, -0.15) is 0 Å². The highest BCUT2D eigenvalue weighted by molar-refractivity contribution is 5.92. The van der Waals surface area contributed by atoms with E-state index in [1.807, 2.05) is 41.0 Å². The lowest BCUT2D eigenvalue weighted by atomic mass is 9.87. The molecule has 38 heavy (non-hydrogen) atoms. The minimum absolute atomic E-state index is 0.103. The molecule has 0 saturated heterocycles. The first kappa shape index (κ1) is 25.7. The summed E-state index contributed by atoms with van der Waals surface area (Å²) >= 11 is 0. The van der Waals surface area contributed by atoms with E-state index in [0.29, 0.717) is 30.7 Å². The number of aromatic nitrogens is 1. The van der Waals surface area contributed by atoms with Gasteiger partial charge in [0, 0.05) is 17.7 Å². The highest BCUT2D eigenvalue weighted by Gasteiger charge is 2.33. The van der Waals surface area contributed by atoms with E-state index >= 15 is 0 Å². The van der Waals surface area contributed by atoms with Gasteiger partial charge in [0.25, 0.3) is 5.56 Å². The van der Waals surface area contributed by atoms with E-state index < -0.39 is 6.10 Å². The van der Waals surface area contributed by atoms with Gasteiger partial charge < -0.3 is 20.1 Å². The number of nitrogens with two attached hydrogens (primary N) is 1. The molecule has 0 spiro atoms. The number of pyridine rings is 1. The molecule has 0 saturated carbocycles. The molecule has 0 fully saturated rings. The number of benzene rings is 2. The zero-order chi connectivity index (χ0) is 27.0. The van der Waals surface area contributed by atoms with E-state index in [1.54, 1.807) is 0 Å². The highest BCUT2D eigenvalue weighted by atomic mass is 16.5. The molecular weight excluding hydrogens is 476 g/mol. The summed E-state index contributed by atoms with van der Waals surface area (Å²) < 4.78 is 7.95. The van der Waals surface area contributed by atoms with Crippen molar-refractivity contribution < 1.29 is 14.6 Å². The minimum Gasteiger partial charge on any atom is -0.489 e. The van der Waals surface area contributed by atoms with Gasteiger partial charge in [-0.05, 0) is 95.5 Å². The molecule has 6 heteroatoms. The van der Waals surface area contributed by atoms with Gasteiger partial charge in [0.2, 0.25) is 0 Å². The first-order valence-corrected chi connectivity index (χ1v) is 13.3. The van der Waals surface area contributed by atoms with Gasteiger partial charge in [-0.15, -0.1) is 0 Å². The second-order valence-corrected chi connectivity index (χ2v) is 10.1. The molecule has 1 unspecified atom stereocenters. The fourth-order valence-corrected chi connectivity index (χ4v) is 5.59. The van der Waals surface area contributed by atoms with Crippen LogP contribution in [0.1, 0.15) is 72.7 Å². The van der Waals surface area contributed by atoms with Crippen LogP contribution >= 0.6 is 0 Å². The lowest BCUT2D eigenvalue weighted by Crippen LogP contribution is -2.31. The Morgan fingerprint density at radius 2 is 1.87 bits per heavy atom. The number of hydrogen-bond donors (Lipinski definition) is 2. The first-order chi connectivity index (χ1) is 18.3. The van der Waals surface area contributed by atoms with E-state index in [9.17, 15) is 14.7 Å². The summed E-state index contributed by atoms with van der Waals surface area (Å²) in [5, 5.41) is 10.6. The number of nitrogens with zero attached hydrogens (tertiary/aromatic N) is 1. The lowest BCUT2D eigenvalue weighted by Gasteiger charge is -2.21. The van der Waals surface area contributed by atoms with Gasteiger partial charge in [-0.3, -0.25) is 9.59 Å². The smallest absolute Gasteiger partial charge is 0.254 e. The molecule has 1 aliphatic heterocycles. The quantitative estimate of drug-likeness (QED) is 0.425. The Morgan fingerprint density at radius 3 is 2.58 bits per heavy atom. The van der Waals surface area contributed by atoms with E-state index in [2.05, 4.69) is 39.0 Å². The number of Topliss-reactive ketones (excluding diaryl/α,β-unsaturated/α-hetero) is 1. The molecule has 2 aliphatic rings. The molecule has 1 atom stereocenters. The third-order valence-electron chi connectivity index (χ3n) is 7.62. The fraction of sp³-hybridized carbons (Fsp3) is 0.312. The van der Waals surface area contributed by atoms with Gasteiger partial charge in [-0.25, -0.2) is 0 Å². The van der Waals surface area contributed by atoms with Crippen LogP contribution in [0.2, 0.25) is 0 Å². The maximum Gasteiger partial charge on any atom is 0.254 e. The van der Waals surface area contributed by atoms with Crippen molar-refractivity contribution in [1.82, 2.24) is 4.57 Å². The summed E-state index contributed by atoms with van der Waals surface area (Å²) in [6.45, 7) is 7.20. The van der Waals surface area contributed by atoms with Crippen molar-refractivity contribution in [2.75, 3.05) is 5.73 Å². The molecule has 3 N–H and O–H groups in total. The van der Waals surface area contributed by atoms with Crippen LogP contribution in [0.4, 0.5) is 5.69 Å². The normalized spacial score (nSPS) is 18.9. The Kier molecular flexibility index (Phi) is 7.09.